The topological polar surface area (TPSA) is 84.1 Å². The van der Waals surface area contributed by atoms with Gasteiger partial charge in [0, 0.05) is 24.9 Å². The summed E-state index contributed by atoms with van der Waals surface area (Å²) in [6.07, 6.45) is 2.22. The fourth-order valence-corrected chi connectivity index (χ4v) is 3.20. The molecule has 2 rings (SSSR count). The molecule has 0 unspecified atom stereocenters. The first-order chi connectivity index (χ1) is 9.92. The summed E-state index contributed by atoms with van der Waals surface area (Å²) in [6.45, 7) is 2.11. The molecule has 2 aromatic rings. The van der Waals surface area contributed by atoms with Crippen molar-refractivity contribution in [2.75, 3.05) is 13.7 Å². The van der Waals surface area contributed by atoms with Gasteiger partial charge in [0.2, 0.25) is 10.0 Å². The number of benzene rings is 1. The van der Waals surface area contributed by atoms with E-state index in [2.05, 4.69) is 14.7 Å². The summed E-state index contributed by atoms with van der Waals surface area (Å²) in [5.41, 5.74) is 0.878. The number of hydrogen-bond acceptors (Lipinski definition) is 4. The number of H-pyrrole nitrogens is 1. The van der Waals surface area contributed by atoms with Crippen LogP contribution >= 0.6 is 11.6 Å². The molecule has 0 radical (unpaired) electrons. The van der Waals surface area contributed by atoms with Crippen LogP contribution in [-0.4, -0.2) is 32.0 Å². The van der Waals surface area contributed by atoms with Crippen molar-refractivity contribution in [3.8, 4) is 5.75 Å². The number of nitrogens with one attached hydrogen (secondary N) is 2. The molecule has 2 N–H and O–H groups in total. The van der Waals surface area contributed by atoms with Gasteiger partial charge in [0.05, 0.1) is 17.0 Å². The van der Waals surface area contributed by atoms with Gasteiger partial charge in [-0.2, -0.15) is 0 Å². The highest BCUT2D eigenvalue weighted by Crippen LogP contribution is 2.26. The van der Waals surface area contributed by atoms with Crippen LogP contribution in [0.1, 0.15) is 11.5 Å². The Morgan fingerprint density at radius 1 is 1.43 bits per heavy atom. The number of aromatic nitrogens is 2. The number of imidazole rings is 1. The number of sulfonamides is 1. The number of rotatable bonds is 6. The second-order valence-corrected chi connectivity index (χ2v) is 6.61. The molecule has 0 fully saturated rings. The second kappa shape index (κ2) is 6.46. The van der Waals surface area contributed by atoms with Crippen molar-refractivity contribution in [3.63, 3.8) is 0 Å². The van der Waals surface area contributed by atoms with E-state index in [1.54, 1.807) is 6.20 Å². The molecule has 1 heterocycles. The molecule has 1 aromatic carbocycles. The largest absolute Gasteiger partial charge is 0.495 e. The van der Waals surface area contributed by atoms with E-state index in [-0.39, 0.29) is 16.5 Å². The van der Waals surface area contributed by atoms with Crippen LogP contribution in [0.25, 0.3) is 0 Å². The third-order valence-electron chi connectivity index (χ3n) is 2.88. The molecule has 0 aliphatic rings. The first kappa shape index (κ1) is 15.8. The summed E-state index contributed by atoms with van der Waals surface area (Å²) in [5, 5.41) is 0.254. The van der Waals surface area contributed by atoms with Gasteiger partial charge < -0.3 is 9.72 Å². The van der Waals surface area contributed by atoms with Gasteiger partial charge in [-0.15, -0.1) is 0 Å². The van der Waals surface area contributed by atoms with Crippen molar-refractivity contribution in [3.05, 3.63) is 40.9 Å². The predicted octanol–water partition coefficient (Wildman–Crippen LogP) is 1.90. The molecule has 0 saturated heterocycles. The Hall–Kier alpha value is -1.57. The fourth-order valence-electron chi connectivity index (χ4n) is 1.82. The lowest BCUT2D eigenvalue weighted by Crippen LogP contribution is -2.26. The molecule has 0 spiro atoms. The molecule has 0 aliphatic heterocycles. The van der Waals surface area contributed by atoms with Gasteiger partial charge in [0.15, 0.2) is 0 Å². The number of hydrogen-bond donors (Lipinski definition) is 2. The normalized spacial score (nSPS) is 11.6. The van der Waals surface area contributed by atoms with Gasteiger partial charge in [0.1, 0.15) is 11.6 Å². The van der Waals surface area contributed by atoms with Crippen molar-refractivity contribution in [1.82, 2.24) is 14.7 Å². The zero-order valence-corrected chi connectivity index (χ0v) is 13.3. The summed E-state index contributed by atoms with van der Waals surface area (Å²) in [4.78, 5) is 7.20. The zero-order valence-electron chi connectivity index (χ0n) is 11.7. The minimum absolute atomic E-state index is 0.106. The molecule has 6 nitrogen and oxygen atoms in total. The number of methoxy groups -OCH3 is 1. The minimum atomic E-state index is -3.60. The maximum absolute atomic E-state index is 12.1. The first-order valence-corrected chi connectivity index (χ1v) is 8.12. The third-order valence-corrected chi connectivity index (χ3v) is 4.63. The van der Waals surface area contributed by atoms with Crippen LogP contribution in [0.4, 0.5) is 0 Å². The number of aryl methyl sites for hydroxylation is 1. The summed E-state index contributed by atoms with van der Waals surface area (Å²) in [6, 6.07) is 4.34. The molecule has 114 valence electrons. The Kier molecular flexibility index (Phi) is 4.87. The fraction of sp³-hybridized carbons (Fsp3) is 0.308. The molecule has 1 aromatic heterocycles. The van der Waals surface area contributed by atoms with E-state index in [0.29, 0.717) is 12.2 Å². The van der Waals surface area contributed by atoms with Crippen LogP contribution in [0.15, 0.2) is 29.3 Å². The zero-order chi connectivity index (χ0) is 15.5. The predicted molar refractivity (Wildman–Crippen MR) is 80.2 cm³/mol. The molecule has 0 aliphatic carbocycles. The maximum atomic E-state index is 12.1. The molecular formula is C13H16ClN3O3S. The van der Waals surface area contributed by atoms with E-state index in [1.807, 2.05) is 6.92 Å². The first-order valence-electron chi connectivity index (χ1n) is 6.26. The van der Waals surface area contributed by atoms with E-state index in [0.717, 1.165) is 11.5 Å². The molecule has 0 bridgehead atoms. The monoisotopic (exact) mass is 329 g/mol. The lowest BCUT2D eigenvalue weighted by Gasteiger charge is -2.08. The average Bonchev–Trinajstić information content (AvgIpc) is 2.84. The van der Waals surface area contributed by atoms with E-state index in [9.17, 15) is 8.42 Å². The number of aromatic amines is 1. The number of nitrogens with zero attached hydrogens (tertiary/aromatic N) is 1. The number of halogens is 1. The van der Waals surface area contributed by atoms with Crippen molar-refractivity contribution >= 4 is 21.6 Å². The Labute approximate surface area is 128 Å². The van der Waals surface area contributed by atoms with E-state index < -0.39 is 10.0 Å². The summed E-state index contributed by atoms with van der Waals surface area (Å²) < 4.78 is 31.8. The van der Waals surface area contributed by atoms with Crippen LogP contribution in [-0.2, 0) is 16.4 Å². The highest BCUT2D eigenvalue weighted by molar-refractivity contribution is 7.89. The van der Waals surface area contributed by atoms with Crippen molar-refractivity contribution in [2.45, 2.75) is 18.2 Å². The SMILES string of the molecule is COc1ccc(S(=O)(=O)NCCc2cnc(C)[nH]2)cc1Cl. The Balaban J connectivity index is 2.02. The Bertz CT molecular complexity index is 728. The van der Waals surface area contributed by atoms with Gasteiger partial charge in [-0.05, 0) is 25.1 Å². The molecule has 21 heavy (non-hydrogen) atoms. The lowest BCUT2D eigenvalue weighted by atomic mass is 10.3. The van der Waals surface area contributed by atoms with Gasteiger partial charge >= 0.3 is 0 Å². The average molecular weight is 330 g/mol. The van der Waals surface area contributed by atoms with Crippen molar-refractivity contribution < 1.29 is 13.2 Å². The molecule has 0 saturated carbocycles. The van der Waals surface area contributed by atoms with Gasteiger partial charge in [0.25, 0.3) is 0 Å². The van der Waals surface area contributed by atoms with E-state index >= 15 is 0 Å². The Morgan fingerprint density at radius 3 is 2.76 bits per heavy atom. The molecular weight excluding hydrogens is 314 g/mol. The van der Waals surface area contributed by atoms with Gasteiger partial charge in [-0.3, -0.25) is 0 Å². The van der Waals surface area contributed by atoms with Gasteiger partial charge in [-0.1, -0.05) is 11.6 Å². The van der Waals surface area contributed by atoms with Gasteiger partial charge in [-0.25, -0.2) is 18.1 Å². The minimum Gasteiger partial charge on any atom is -0.495 e. The molecule has 0 atom stereocenters. The highest BCUT2D eigenvalue weighted by Gasteiger charge is 2.15. The number of ether oxygens (including phenoxy) is 1. The van der Waals surface area contributed by atoms with Crippen molar-refractivity contribution in [1.29, 1.82) is 0 Å². The summed E-state index contributed by atoms with van der Waals surface area (Å²) >= 11 is 5.94. The van der Waals surface area contributed by atoms with Crippen LogP contribution in [0.2, 0.25) is 5.02 Å². The smallest absolute Gasteiger partial charge is 0.240 e. The van der Waals surface area contributed by atoms with Crippen LogP contribution in [0.5, 0.6) is 5.75 Å². The van der Waals surface area contributed by atoms with E-state index in [1.165, 1.54) is 25.3 Å². The quantitative estimate of drug-likeness (QED) is 0.847. The summed E-state index contributed by atoms with van der Waals surface area (Å²) in [7, 11) is -2.12. The maximum Gasteiger partial charge on any atom is 0.240 e. The van der Waals surface area contributed by atoms with Crippen LogP contribution in [0, 0.1) is 6.92 Å². The second-order valence-electron chi connectivity index (χ2n) is 4.44. The van der Waals surface area contributed by atoms with Crippen LogP contribution < -0.4 is 9.46 Å². The highest BCUT2D eigenvalue weighted by atomic mass is 35.5. The van der Waals surface area contributed by atoms with Crippen LogP contribution in [0.3, 0.4) is 0 Å². The Morgan fingerprint density at radius 2 is 2.19 bits per heavy atom. The molecule has 8 heteroatoms. The molecule has 0 amide bonds. The van der Waals surface area contributed by atoms with Crippen molar-refractivity contribution in [2.24, 2.45) is 0 Å². The summed E-state index contributed by atoms with van der Waals surface area (Å²) in [5.74, 6) is 1.23. The standard InChI is InChI=1S/C13H16ClN3O3S/c1-9-15-8-10(17-9)5-6-16-21(18,19)11-3-4-13(20-2)12(14)7-11/h3-4,7-8,16H,5-6H2,1-2H3,(H,15,17). The third kappa shape index (κ3) is 3.96. The van der Waals surface area contributed by atoms with E-state index in [4.69, 9.17) is 16.3 Å². The lowest BCUT2D eigenvalue weighted by molar-refractivity contribution is 0.414.